The summed E-state index contributed by atoms with van der Waals surface area (Å²) in [5.74, 6) is 0.364. The molecular weight excluding hydrogens is 370 g/mol. The maximum atomic E-state index is 9.96. The maximum Gasteiger partial charge on any atom is 0.120 e. The lowest BCUT2D eigenvalue weighted by molar-refractivity contribution is -0.0979. The average Bonchev–Trinajstić information content (AvgIpc) is 2.67. The van der Waals surface area contributed by atoms with Crippen molar-refractivity contribution in [3.63, 3.8) is 0 Å². The standard InChI is InChI=1S/C24H33NO2.ClH/c1-4-23(3)18-24(14-16-27-23,21-11-9-19(2)10-12-21)13-15-25-17-20-7-5-6-8-22(20)26;/h5-12,25-26H,4,13-18H2,1-3H3;1H. The molecule has 0 spiro atoms. The van der Waals surface area contributed by atoms with Crippen molar-refractivity contribution in [3.05, 3.63) is 65.2 Å². The maximum absolute atomic E-state index is 9.96. The second-order valence-corrected chi connectivity index (χ2v) is 8.28. The number of halogens is 1. The molecule has 1 heterocycles. The SMILES string of the molecule is CCC1(C)CC(CCNCc2ccccc2O)(c2ccc(C)cc2)CCO1.Cl. The van der Waals surface area contributed by atoms with Crippen molar-refractivity contribution in [1.82, 2.24) is 5.32 Å². The summed E-state index contributed by atoms with van der Waals surface area (Å²) in [5, 5.41) is 13.5. The molecular formula is C24H34ClNO2. The number of phenols is 1. The van der Waals surface area contributed by atoms with Crippen LogP contribution in [-0.2, 0) is 16.7 Å². The highest BCUT2D eigenvalue weighted by molar-refractivity contribution is 5.85. The molecule has 154 valence electrons. The predicted octanol–water partition coefficient (Wildman–Crippen LogP) is 5.52. The fourth-order valence-electron chi connectivity index (χ4n) is 4.30. The van der Waals surface area contributed by atoms with E-state index < -0.39 is 0 Å². The van der Waals surface area contributed by atoms with E-state index in [2.05, 4.69) is 50.4 Å². The molecule has 1 fully saturated rings. The van der Waals surface area contributed by atoms with Gasteiger partial charge in [-0.3, -0.25) is 0 Å². The van der Waals surface area contributed by atoms with Gasteiger partial charge in [-0.1, -0.05) is 55.0 Å². The molecule has 28 heavy (non-hydrogen) atoms. The highest BCUT2D eigenvalue weighted by atomic mass is 35.5. The molecule has 0 aromatic heterocycles. The van der Waals surface area contributed by atoms with Crippen molar-refractivity contribution in [2.75, 3.05) is 13.2 Å². The van der Waals surface area contributed by atoms with Crippen molar-refractivity contribution in [3.8, 4) is 5.75 Å². The molecule has 3 rings (SSSR count). The first-order valence-corrected chi connectivity index (χ1v) is 10.2. The van der Waals surface area contributed by atoms with E-state index >= 15 is 0 Å². The number of ether oxygens (including phenoxy) is 1. The van der Waals surface area contributed by atoms with Crippen LogP contribution < -0.4 is 5.32 Å². The van der Waals surface area contributed by atoms with Crippen LogP contribution in [0.25, 0.3) is 0 Å². The van der Waals surface area contributed by atoms with E-state index in [4.69, 9.17) is 4.74 Å². The lowest BCUT2D eigenvalue weighted by Crippen LogP contribution is -2.46. The fraction of sp³-hybridized carbons (Fsp3) is 0.500. The fourth-order valence-corrected chi connectivity index (χ4v) is 4.30. The number of hydrogen-bond acceptors (Lipinski definition) is 3. The molecule has 0 amide bonds. The molecule has 3 nitrogen and oxygen atoms in total. The Kier molecular flexibility index (Phi) is 7.94. The van der Waals surface area contributed by atoms with Crippen LogP contribution in [-0.4, -0.2) is 23.9 Å². The molecule has 0 radical (unpaired) electrons. The zero-order chi connectivity index (χ0) is 19.3. The third kappa shape index (κ3) is 5.28. The average molecular weight is 404 g/mol. The van der Waals surface area contributed by atoms with Gasteiger partial charge in [0.2, 0.25) is 0 Å². The Labute approximate surface area is 175 Å². The van der Waals surface area contributed by atoms with Crippen molar-refractivity contribution >= 4 is 12.4 Å². The topological polar surface area (TPSA) is 41.5 Å². The lowest BCUT2D eigenvalue weighted by atomic mass is 9.66. The number of hydrogen-bond donors (Lipinski definition) is 2. The predicted molar refractivity (Wildman–Crippen MR) is 118 cm³/mol. The molecule has 0 saturated carbocycles. The van der Waals surface area contributed by atoms with Gasteiger partial charge in [-0.25, -0.2) is 0 Å². The lowest BCUT2D eigenvalue weighted by Gasteiger charge is -2.47. The summed E-state index contributed by atoms with van der Waals surface area (Å²) < 4.78 is 6.15. The number of rotatable bonds is 7. The van der Waals surface area contributed by atoms with Crippen LogP contribution in [0.4, 0.5) is 0 Å². The van der Waals surface area contributed by atoms with E-state index in [1.54, 1.807) is 6.07 Å². The van der Waals surface area contributed by atoms with Gasteiger partial charge in [-0.05, 0) is 57.7 Å². The summed E-state index contributed by atoms with van der Waals surface area (Å²) >= 11 is 0. The quantitative estimate of drug-likeness (QED) is 0.598. The van der Waals surface area contributed by atoms with E-state index in [-0.39, 0.29) is 23.4 Å². The van der Waals surface area contributed by atoms with Crippen molar-refractivity contribution in [2.45, 2.75) is 64.0 Å². The van der Waals surface area contributed by atoms with Crippen molar-refractivity contribution in [2.24, 2.45) is 0 Å². The van der Waals surface area contributed by atoms with Gasteiger partial charge in [-0.2, -0.15) is 0 Å². The minimum absolute atomic E-state index is 0. The first-order chi connectivity index (χ1) is 13.0. The van der Waals surface area contributed by atoms with Crippen molar-refractivity contribution in [1.29, 1.82) is 0 Å². The highest BCUT2D eigenvalue weighted by Gasteiger charge is 2.43. The molecule has 2 N–H and O–H groups in total. The second-order valence-electron chi connectivity index (χ2n) is 8.28. The Bertz CT molecular complexity index is 749. The summed E-state index contributed by atoms with van der Waals surface area (Å²) in [5.41, 5.74) is 3.77. The first-order valence-electron chi connectivity index (χ1n) is 10.2. The Morgan fingerprint density at radius 3 is 2.50 bits per heavy atom. The molecule has 2 unspecified atom stereocenters. The Morgan fingerprint density at radius 2 is 1.82 bits per heavy atom. The van der Waals surface area contributed by atoms with Crippen LogP contribution in [0.15, 0.2) is 48.5 Å². The molecule has 4 heteroatoms. The van der Waals surface area contributed by atoms with Crippen LogP contribution in [0.2, 0.25) is 0 Å². The van der Waals surface area contributed by atoms with Gasteiger partial charge in [-0.15, -0.1) is 12.4 Å². The molecule has 2 aromatic carbocycles. The number of aromatic hydroxyl groups is 1. The van der Waals surface area contributed by atoms with Gasteiger partial charge in [0.1, 0.15) is 5.75 Å². The van der Waals surface area contributed by atoms with Crippen molar-refractivity contribution < 1.29 is 9.84 Å². The Balaban J connectivity index is 0.00000280. The minimum atomic E-state index is -0.0547. The van der Waals surface area contributed by atoms with Crippen LogP contribution in [0.3, 0.4) is 0 Å². The second kappa shape index (κ2) is 9.78. The van der Waals surface area contributed by atoms with Gasteiger partial charge in [0.15, 0.2) is 0 Å². The molecule has 0 aliphatic carbocycles. The van der Waals surface area contributed by atoms with Gasteiger partial charge in [0, 0.05) is 24.1 Å². The molecule has 0 bridgehead atoms. The Morgan fingerprint density at radius 1 is 1.11 bits per heavy atom. The van der Waals surface area contributed by atoms with E-state index in [1.165, 1.54) is 11.1 Å². The van der Waals surface area contributed by atoms with Gasteiger partial charge >= 0.3 is 0 Å². The summed E-state index contributed by atoms with van der Waals surface area (Å²) in [6.07, 6.45) is 4.22. The number of benzene rings is 2. The molecule has 2 aromatic rings. The Hall–Kier alpha value is -1.55. The summed E-state index contributed by atoms with van der Waals surface area (Å²) in [4.78, 5) is 0. The van der Waals surface area contributed by atoms with E-state index in [1.807, 2.05) is 18.2 Å². The van der Waals surface area contributed by atoms with E-state index in [0.717, 1.165) is 44.4 Å². The summed E-state index contributed by atoms with van der Waals surface area (Å²) in [7, 11) is 0. The molecule has 2 atom stereocenters. The number of para-hydroxylation sites is 1. The van der Waals surface area contributed by atoms with E-state index in [0.29, 0.717) is 12.3 Å². The van der Waals surface area contributed by atoms with Crippen LogP contribution in [0.5, 0.6) is 5.75 Å². The monoisotopic (exact) mass is 403 g/mol. The summed E-state index contributed by atoms with van der Waals surface area (Å²) in [6.45, 7) is 9.05. The molecule has 1 aliphatic rings. The van der Waals surface area contributed by atoms with Crippen LogP contribution >= 0.6 is 12.4 Å². The van der Waals surface area contributed by atoms with Gasteiger partial charge in [0.25, 0.3) is 0 Å². The third-order valence-corrected chi connectivity index (χ3v) is 6.24. The van der Waals surface area contributed by atoms with Gasteiger partial charge < -0.3 is 15.2 Å². The smallest absolute Gasteiger partial charge is 0.120 e. The minimum Gasteiger partial charge on any atom is -0.508 e. The highest BCUT2D eigenvalue weighted by Crippen LogP contribution is 2.45. The number of phenolic OH excluding ortho intramolecular Hbond substituents is 1. The normalized spacial score (nSPS) is 24.5. The van der Waals surface area contributed by atoms with Crippen LogP contribution in [0.1, 0.15) is 56.2 Å². The van der Waals surface area contributed by atoms with E-state index in [9.17, 15) is 5.11 Å². The zero-order valence-corrected chi connectivity index (χ0v) is 18.1. The first kappa shape index (κ1) is 22.7. The number of aryl methyl sites for hydroxylation is 1. The summed E-state index contributed by atoms with van der Waals surface area (Å²) in [6, 6.07) is 16.6. The molecule has 1 aliphatic heterocycles. The van der Waals surface area contributed by atoms with Gasteiger partial charge in [0.05, 0.1) is 5.60 Å². The third-order valence-electron chi connectivity index (χ3n) is 6.24. The zero-order valence-electron chi connectivity index (χ0n) is 17.3. The largest absolute Gasteiger partial charge is 0.508 e. The molecule has 1 saturated heterocycles. The van der Waals surface area contributed by atoms with Crippen LogP contribution in [0, 0.1) is 6.92 Å². The number of nitrogens with one attached hydrogen (secondary N) is 1.